The van der Waals surface area contributed by atoms with Crippen molar-refractivity contribution in [3.63, 3.8) is 0 Å². The molecule has 0 amide bonds. The molecule has 0 bridgehead atoms. The molecule has 0 radical (unpaired) electrons. The largest absolute Gasteiger partial charge is 0.481 e. The minimum atomic E-state index is -1.24. The molecule has 1 aliphatic heterocycles. The van der Waals surface area contributed by atoms with E-state index < -0.39 is 29.6 Å². The second-order valence-electron chi connectivity index (χ2n) is 8.73. The van der Waals surface area contributed by atoms with Crippen LogP contribution in [0.1, 0.15) is 72.6 Å². The van der Waals surface area contributed by atoms with E-state index in [-0.39, 0.29) is 11.8 Å². The molecule has 0 aromatic carbocycles. The number of aliphatic hydroxyl groups is 1. The monoisotopic (exact) mass is 373 g/mol. The first-order valence-corrected chi connectivity index (χ1v) is 9.51. The van der Waals surface area contributed by atoms with E-state index in [1.807, 2.05) is 13.8 Å². The maximum absolute atomic E-state index is 11.7. The lowest BCUT2D eigenvalue weighted by Crippen LogP contribution is -2.51. The third-order valence-corrected chi connectivity index (χ3v) is 5.20. The number of aliphatic carboxylic acids is 2. The number of carboxylic acid groups (broad SMARTS) is 2. The number of nitrogens with zero attached hydrogens (tertiary/aromatic N) is 1. The molecule has 26 heavy (non-hydrogen) atoms. The molecule has 0 spiro atoms. The van der Waals surface area contributed by atoms with E-state index in [9.17, 15) is 19.8 Å². The fourth-order valence-corrected chi connectivity index (χ4v) is 3.43. The Balaban J connectivity index is 2.80. The van der Waals surface area contributed by atoms with E-state index in [0.29, 0.717) is 19.3 Å². The number of hydrogen-bond donors (Lipinski definition) is 3. The van der Waals surface area contributed by atoms with Crippen LogP contribution in [0.15, 0.2) is 0 Å². The van der Waals surface area contributed by atoms with Gasteiger partial charge in [0.2, 0.25) is 0 Å². The second kappa shape index (κ2) is 9.67. The van der Waals surface area contributed by atoms with Gasteiger partial charge in [-0.25, -0.2) is 0 Å². The van der Waals surface area contributed by atoms with Gasteiger partial charge in [-0.2, -0.15) is 5.06 Å². The topological polar surface area (TPSA) is 107 Å². The van der Waals surface area contributed by atoms with Gasteiger partial charge in [0, 0.05) is 19.5 Å². The van der Waals surface area contributed by atoms with Crippen LogP contribution in [0.3, 0.4) is 0 Å². The molecule has 152 valence electrons. The molecular weight excluding hydrogens is 338 g/mol. The highest BCUT2D eigenvalue weighted by Crippen LogP contribution is 2.35. The average Bonchev–Trinajstić information content (AvgIpc) is 2.52. The van der Waals surface area contributed by atoms with Crippen molar-refractivity contribution in [2.45, 2.75) is 84.8 Å². The third kappa shape index (κ3) is 7.21. The van der Waals surface area contributed by atoms with Crippen LogP contribution in [0.5, 0.6) is 0 Å². The van der Waals surface area contributed by atoms with Gasteiger partial charge in [-0.15, -0.1) is 0 Å². The van der Waals surface area contributed by atoms with Crippen molar-refractivity contribution in [1.29, 1.82) is 0 Å². The normalized spacial score (nSPS) is 19.1. The number of hydroxylamine groups is 2. The zero-order valence-electron chi connectivity index (χ0n) is 16.5. The van der Waals surface area contributed by atoms with Crippen LogP contribution in [0.2, 0.25) is 0 Å². The Bertz CT molecular complexity index is 471. The van der Waals surface area contributed by atoms with E-state index in [1.54, 1.807) is 18.9 Å². The smallest absolute Gasteiger partial charge is 0.311 e. The number of aliphatic hydroxyl groups excluding tert-OH is 1. The maximum atomic E-state index is 11.7. The highest BCUT2D eigenvalue weighted by molar-refractivity contribution is 5.74. The number of piperidine rings is 1. The summed E-state index contributed by atoms with van der Waals surface area (Å²) in [5.41, 5.74) is -1.55. The molecule has 7 heteroatoms. The second-order valence-corrected chi connectivity index (χ2v) is 8.73. The molecule has 0 saturated carbocycles. The third-order valence-electron chi connectivity index (χ3n) is 5.20. The van der Waals surface area contributed by atoms with Crippen LogP contribution in [0.25, 0.3) is 0 Å². The minimum Gasteiger partial charge on any atom is -0.481 e. The van der Waals surface area contributed by atoms with Crippen LogP contribution in [0, 0.1) is 10.8 Å². The Labute approximate surface area is 156 Å². The SMILES string of the molecule is CC(C)(CCCC(=O)O)CC(O)C(ON1CCCCC1)C(C)(C)C(=O)O. The van der Waals surface area contributed by atoms with Gasteiger partial charge in [0.05, 0.1) is 11.5 Å². The molecule has 0 aliphatic carbocycles. The van der Waals surface area contributed by atoms with E-state index in [0.717, 1.165) is 32.4 Å². The predicted molar refractivity (Wildman–Crippen MR) is 97.6 cm³/mol. The lowest BCUT2D eigenvalue weighted by atomic mass is 9.76. The van der Waals surface area contributed by atoms with E-state index in [1.165, 1.54) is 0 Å². The van der Waals surface area contributed by atoms with Crippen LogP contribution in [-0.2, 0) is 14.4 Å². The molecule has 1 heterocycles. The van der Waals surface area contributed by atoms with E-state index in [4.69, 9.17) is 9.94 Å². The Morgan fingerprint density at radius 3 is 2.15 bits per heavy atom. The zero-order valence-corrected chi connectivity index (χ0v) is 16.5. The summed E-state index contributed by atoms with van der Waals surface area (Å²) in [5, 5.41) is 31.0. The van der Waals surface area contributed by atoms with Gasteiger partial charge in [0.25, 0.3) is 0 Å². The average molecular weight is 373 g/mol. The first-order valence-electron chi connectivity index (χ1n) is 9.51. The van der Waals surface area contributed by atoms with Crippen LogP contribution < -0.4 is 0 Å². The molecular formula is C19H35NO6. The summed E-state index contributed by atoms with van der Waals surface area (Å²) < 4.78 is 0. The molecule has 0 aromatic rings. The Kier molecular flexibility index (Phi) is 8.50. The van der Waals surface area contributed by atoms with E-state index in [2.05, 4.69) is 0 Å². The van der Waals surface area contributed by atoms with Crippen molar-refractivity contribution in [3.8, 4) is 0 Å². The molecule has 1 aliphatic rings. The van der Waals surface area contributed by atoms with Crippen molar-refractivity contribution >= 4 is 11.9 Å². The van der Waals surface area contributed by atoms with Crippen molar-refractivity contribution < 1.29 is 29.7 Å². The minimum absolute atomic E-state index is 0.0911. The number of carboxylic acids is 2. The predicted octanol–water partition coefficient (Wildman–Crippen LogP) is 2.92. The molecule has 1 rings (SSSR count). The first kappa shape index (κ1) is 22.9. The van der Waals surface area contributed by atoms with Gasteiger partial charge >= 0.3 is 11.9 Å². The fourth-order valence-electron chi connectivity index (χ4n) is 3.43. The Morgan fingerprint density at radius 2 is 1.65 bits per heavy atom. The summed E-state index contributed by atoms with van der Waals surface area (Å²) in [5.74, 6) is -1.85. The summed E-state index contributed by atoms with van der Waals surface area (Å²) >= 11 is 0. The van der Waals surface area contributed by atoms with Crippen molar-refractivity contribution in [2.75, 3.05) is 13.1 Å². The fraction of sp³-hybridized carbons (Fsp3) is 0.895. The Morgan fingerprint density at radius 1 is 1.08 bits per heavy atom. The molecule has 2 unspecified atom stereocenters. The van der Waals surface area contributed by atoms with Gasteiger partial charge in [0.1, 0.15) is 6.10 Å². The van der Waals surface area contributed by atoms with Gasteiger partial charge in [-0.1, -0.05) is 20.3 Å². The van der Waals surface area contributed by atoms with Crippen molar-refractivity contribution in [3.05, 3.63) is 0 Å². The molecule has 0 aromatic heterocycles. The highest BCUT2D eigenvalue weighted by atomic mass is 16.7. The van der Waals surface area contributed by atoms with Crippen LogP contribution in [0.4, 0.5) is 0 Å². The van der Waals surface area contributed by atoms with Crippen molar-refractivity contribution in [2.24, 2.45) is 10.8 Å². The number of hydrogen-bond acceptors (Lipinski definition) is 5. The van der Waals surface area contributed by atoms with E-state index >= 15 is 0 Å². The van der Waals surface area contributed by atoms with Gasteiger partial charge in [-0.05, 0) is 51.4 Å². The number of rotatable bonds is 11. The standard InChI is InChI=1S/C19H35NO6/c1-18(2,10-8-9-15(22)23)13-14(21)16(19(3,4)17(24)25)26-20-11-6-5-7-12-20/h14,16,21H,5-13H2,1-4H3,(H,22,23)(H,24,25). The molecule has 1 fully saturated rings. The molecule has 7 nitrogen and oxygen atoms in total. The lowest BCUT2D eigenvalue weighted by molar-refractivity contribution is -0.259. The summed E-state index contributed by atoms with van der Waals surface area (Å²) in [7, 11) is 0. The zero-order chi connectivity index (χ0) is 20.0. The van der Waals surface area contributed by atoms with Gasteiger partial charge in [0.15, 0.2) is 0 Å². The molecule has 2 atom stereocenters. The quantitative estimate of drug-likeness (QED) is 0.511. The van der Waals surface area contributed by atoms with Crippen LogP contribution in [-0.4, -0.2) is 57.6 Å². The lowest BCUT2D eigenvalue weighted by Gasteiger charge is -2.40. The first-order chi connectivity index (χ1) is 12.0. The summed E-state index contributed by atoms with van der Waals surface area (Å²) in [6.45, 7) is 8.55. The molecule has 3 N–H and O–H groups in total. The van der Waals surface area contributed by atoms with Gasteiger partial charge < -0.3 is 15.3 Å². The summed E-state index contributed by atoms with van der Waals surface area (Å²) in [6.07, 6.45) is 2.91. The van der Waals surface area contributed by atoms with Gasteiger partial charge in [-0.3, -0.25) is 14.4 Å². The van der Waals surface area contributed by atoms with Crippen LogP contribution >= 0.6 is 0 Å². The number of carbonyl (C=O) groups is 2. The van der Waals surface area contributed by atoms with Crippen molar-refractivity contribution in [1.82, 2.24) is 5.06 Å². The summed E-state index contributed by atoms with van der Waals surface area (Å²) in [6, 6.07) is 0. The summed E-state index contributed by atoms with van der Waals surface area (Å²) in [4.78, 5) is 28.4. The maximum Gasteiger partial charge on any atom is 0.311 e. The molecule has 1 saturated heterocycles. The highest BCUT2D eigenvalue weighted by Gasteiger charge is 2.45. The Hall–Kier alpha value is -1.18.